The summed E-state index contributed by atoms with van der Waals surface area (Å²) in [7, 11) is -5.01. The molecule has 0 saturated carbocycles. The van der Waals surface area contributed by atoms with Gasteiger partial charge in [0.05, 0.1) is 11.2 Å². The van der Waals surface area contributed by atoms with Gasteiger partial charge >= 0.3 is 0 Å². The van der Waals surface area contributed by atoms with E-state index in [1.54, 1.807) is 19.1 Å². The molecule has 0 aromatic heterocycles. The lowest BCUT2D eigenvalue weighted by Crippen LogP contribution is -2.28. The molecule has 1 rings (SSSR count). The van der Waals surface area contributed by atoms with Crippen molar-refractivity contribution < 1.29 is 16.8 Å². The Hall–Kier alpha value is -0.920. The van der Waals surface area contributed by atoms with Crippen molar-refractivity contribution >= 4 is 19.9 Å². The smallest absolute Gasteiger partial charge is 0.211 e. The van der Waals surface area contributed by atoms with Crippen LogP contribution in [-0.2, 0) is 19.9 Å². The summed E-state index contributed by atoms with van der Waals surface area (Å²) >= 11 is 0. The zero-order chi connectivity index (χ0) is 14.1. The second-order valence-electron chi connectivity index (χ2n) is 4.30. The van der Waals surface area contributed by atoms with Gasteiger partial charge in [-0.1, -0.05) is 12.1 Å². The Bertz CT molecular complexity index is 618. The van der Waals surface area contributed by atoms with Crippen LogP contribution in [0.2, 0.25) is 0 Å². The van der Waals surface area contributed by atoms with Crippen LogP contribution in [0.1, 0.15) is 18.5 Å². The summed E-state index contributed by atoms with van der Waals surface area (Å²) in [5.74, 6) is 0. The molecule has 0 heterocycles. The second kappa shape index (κ2) is 4.99. The maximum Gasteiger partial charge on any atom is 0.211 e. The van der Waals surface area contributed by atoms with Crippen LogP contribution in [0.15, 0.2) is 29.2 Å². The highest BCUT2D eigenvalue weighted by molar-refractivity contribution is 7.90. The fourth-order valence-electron chi connectivity index (χ4n) is 1.49. The fraction of sp³-hybridized carbons (Fsp3) is 0.455. The molecule has 1 aromatic rings. The molecule has 1 unspecified atom stereocenters. The van der Waals surface area contributed by atoms with Crippen molar-refractivity contribution in [2.45, 2.75) is 17.9 Å². The first-order chi connectivity index (χ1) is 8.03. The Balaban J connectivity index is 3.07. The van der Waals surface area contributed by atoms with E-state index in [4.69, 9.17) is 0 Å². The van der Waals surface area contributed by atoms with Crippen molar-refractivity contribution in [3.63, 3.8) is 0 Å². The van der Waals surface area contributed by atoms with Crippen molar-refractivity contribution in [3.05, 3.63) is 29.8 Å². The predicted octanol–water partition coefficient (Wildman–Crippen LogP) is 1.04. The van der Waals surface area contributed by atoms with Crippen LogP contribution in [0.25, 0.3) is 0 Å². The van der Waals surface area contributed by atoms with E-state index in [0.29, 0.717) is 0 Å². The molecule has 0 fully saturated rings. The largest absolute Gasteiger partial charge is 0.224 e. The van der Waals surface area contributed by atoms with Crippen molar-refractivity contribution in [2.75, 3.05) is 19.6 Å². The lowest BCUT2D eigenvalue weighted by molar-refractivity contribution is 0.402. The summed E-state index contributed by atoms with van der Waals surface area (Å²) in [6.45, 7) is 1.75. The number of hydrogen-bond acceptors (Lipinski definition) is 4. The molecule has 7 heteroatoms. The van der Waals surface area contributed by atoms with Gasteiger partial charge in [-0.25, -0.2) is 16.8 Å². The number of benzene rings is 1. The van der Waals surface area contributed by atoms with Gasteiger partial charge in [0, 0.05) is 19.3 Å². The molecule has 5 nitrogen and oxygen atoms in total. The van der Waals surface area contributed by atoms with Crippen molar-refractivity contribution in [3.8, 4) is 0 Å². The van der Waals surface area contributed by atoms with E-state index in [1.807, 2.05) is 0 Å². The van der Waals surface area contributed by atoms with Gasteiger partial charge in [-0.2, -0.15) is 4.31 Å². The Labute approximate surface area is 108 Å². The van der Waals surface area contributed by atoms with Crippen LogP contribution >= 0.6 is 0 Å². The molecule has 1 aromatic carbocycles. The zero-order valence-electron chi connectivity index (χ0n) is 10.8. The molecule has 102 valence electrons. The van der Waals surface area contributed by atoms with Gasteiger partial charge in [-0.15, -0.1) is 0 Å². The summed E-state index contributed by atoms with van der Waals surface area (Å²) in [5, 5.41) is 0. The quantitative estimate of drug-likeness (QED) is 0.831. The van der Waals surface area contributed by atoms with E-state index in [2.05, 4.69) is 0 Å². The van der Waals surface area contributed by atoms with Gasteiger partial charge in [0.15, 0.2) is 9.84 Å². The molecular weight excluding hydrogens is 274 g/mol. The maximum atomic E-state index is 11.4. The molecule has 0 aliphatic carbocycles. The molecule has 0 aliphatic rings. The third kappa shape index (κ3) is 3.54. The minimum Gasteiger partial charge on any atom is -0.224 e. The first kappa shape index (κ1) is 15.1. The van der Waals surface area contributed by atoms with Crippen LogP contribution in [0.5, 0.6) is 0 Å². The van der Waals surface area contributed by atoms with Crippen LogP contribution < -0.4 is 0 Å². The molecule has 18 heavy (non-hydrogen) atoms. The van der Waals surface area contributed by atoms with Gasteiger partial charge in [-0.05, 0) is 24.6 Å². The first-order valence-electron chi connectivity index (χ1n) is 5.26. The molecular formula is C11H17NO4S2. The highest BCUT2D eigenvalue weighted by Gasteiger charge is 2.20. The Morgan fingerprint density at radius 3 is 1.78 bits per heavy atom. The number of sulfone groups is 1. The van der Waals surface area contributed by atoms with Gasteiger partial charge in [0.25, 0.3) is 0 Å². The average molecular weight is 291 g/mol. The third-order valence-electron chi connectivity index (χ3n) is 2.86. The molecule has 0 aliphatic heterocycles. The lowest BCUT2D eigenvalue weighted by Gasteiger charge is -2.22. The summed E-state index contributed by atoms with van der Waals surface area (Å²) in [5.41, 5.74) is 0.746. The van der Waals surface area contributed by atoms with Gasteiger partial charge in [-0.3, -0.25) is 0 Å². The van der Waals surface area contributed by atoms with E-state index >= 15 is 0 Å². The normalized spacial score (nSPS) is 14.7. The first-order valence-corrected chi connectivity index (χ1v) is 9.00. The van der Waals surface area contributed by atoms with E-state index < -0.39 is 19.9 Å². The van der Waals surface area contributed by atoms with Crippen molar-refractivity contribution in [1.29, 1.82) is 0 Å². The van der Waals surface area contributed by atoms with E-state index in [1.165, 1.54) is 23.5 Å². The topological polar surface area (TPSA) is 71.5 Å². The minimum absolute atomic E-state index is 0.223. The monoisotopic (exact) mass is 291 g/mol. The zero-order valence-corrected chi connectivity index (χ0v) is 12.4. The molecule has 1 atom stereocenters. The molecule has 0 bridgehead atoms. The van der Waals surface area contributed by atoms with Crippen LogP contribution in [0.3, 0.4) is 0 Å². The average Bonchev–Trinajstić information content (AvgIpc) is 2.25. The number of rotatable bonds is 4. The summed E-state index contributed by atoms with van der Waals surface area (Å²) in [6, 6.07) is 5.88. The SMILES string of the molecule is CC(c1ccc(S(C)(=O)=O)cc1)N(C)S(C)(=O)=O. The number of nitrogens with zero attached hydrogens (tertiary/aromatic N) is 1. The van der Waals surface area contributed by atoms with Crippen molar-refractivity contribution in [1.82, 2.24) is 4.31 Å². The molecule has 0 spiro atoms. The predicted molar refractivity (Wildman–Crippen MR) is 70.6 cm³/mol. The van der Waals surface area contributed by atoms with Crippen LogP contribution in [0.4, 0.5) is 0 Å². The van der Waals surface area contributed by atoms with Gasteiger partial charge in [0.2, 0.25) is 10.0 Å². The van der Waals surface area contributed by atoms with Gasteiger partial charge < -0.3 is 0 Å². The summed E-state index contributed by atoms with van der Waals surface area (Å²) in [6.07, 6.45) is 2.27. The Kier molecular flexibility index (Phi) is 4.19. The fourth-order valence-corrected chi connectivity index (χ4v) is 2.82. The molecule has 0 amide bonds. The lowest BCUT2D eigenvalue weighted by atomic mass is 10.1. The van der Waals surface area contributed by atoms with E-state index in [-0.39, 0.29) is 10.9 Å². The molecule has 0 N–H and O–H groups in total. The van der Waals surface area contributed by atoms with Crippen LogP contribution in [0, 0.1) is 0 Å². The third-order valence-corrected chi connectivity index (χ3v) is 5.35. The Morgan fingerprint density at radius 1 is 1.00 bits per heavy atom. The highest BCUT2D eigenvalue weighted by Crippen LogP contribution is 2.22. The number of hydrogen-bond donors (Lipinski definition) is 0. The highest BCUT2D eigenvalue weighted by atomic mass is 32.2. The summed E-state index contributed by atoms with van der Waals surface area (Å²) < 4.78 is 46.6. The van der Waals surface area contributed by atoms with Crippen LogP contribution in [-0.4, -0.2) is 40.7 Å². The molecule has 0 radical (unpaired) electrons. The standard InChI is InChI=1S/C11H17NO4S2/c1-9(12(2)18(4,15)16)10-5-7-11(8-6-10)17(3,13)14/h5-9H,1-4H3. The van der Waals surface area contributed by atoms with Crippen molar-refractivity contribution in [2.24, 2.45) is 0 Å². The maximum absolute atomic E-state index is 11.4. The summed E-state index contributed by atoms with van der Waals surface area (Å²) in [4.78, 5) is 0.223. The van der Waals surface area contributed by atoms with Gasteiger partial charge in [0.1, 0.15) is 0 Å². The minimum atomic E-state index is -3.27. The van der Waals surface area contributed by atoms with E-state index in [9.17, 15) is 16.8 Å². The number of sulfonamides is 1. The van der Waals surface area contributed by atoms with E-state index in [0.717, 1.165) is 18.1 Å². The molecule has 0 saturated heterocycles. The Morgan fingerprint density at radius 2 is 1.44 bits per heavy atom. The second-order valence-corrected chi connectivity index (χ2v) is 8.35.